The van der Waals surface area contributed by atoms with Crippen molar-refractivity contribution in [1.29, 1.82) is 0 Å². The van der Waals surface area contributed by atoms with Gasteiger partial charge in [-0.25, -0.2) is 4.98 Å². The summed E-state index contributed by atoms with van der Waals surface area (Å²) in [6, 6.07) is 0.668. The fraction of sp³-hybridized carbons (Fsp3) is 0.769. The fourth-order valence-electron chi connectivity index (χ4n) is 2.42. The Morgan fingerprint density at radius 1 is 1.59 bits per heavy atom. The molecule has 2 heterocycles. The van der Waals surface area contributed by atoms with E-state index >= 15 is 0 Å². The second kappa shape index (κ2) is 5.94. The summed E-state index contributed by atoms with van der Waals surface area (Å²) >= 11 is 1.75. The maximum absolute atomic E-state index is 8.87. The first-order valence-electron chi connectivity index (χ1n) is 6.47. The molecule has 1 aliphatic heterocycles. The molecule has 1 N–H and O–H groups in total. The van der Waals surface area contributed by atoms with Gasteiger partial charge in [0.25, 0.3) is 0 Å². The quantitative estimate of drug-likeness (QED) is 0.872. The van der Waals surface area contributed by atoms with E-state index in [9.17, 15) is 0 Å². The second-order valence-electron chi connectivity index (χ2n) is 5.15. The Bertz CT molecular complexity index is 351. The highest BCUT2D eigenvalue weighted by atomic mass is 32.1. The van der Waals surface area contributed by atoms with Gasteiger partial charge in [0.15, 0.2) is 0 Å². The summed E-state index contributed by atoms with van der Waals surface area (Å²) in [5, 5.41) is 12.2. The first-order valence-corrected chi connectivity index (χ1v) is 7.35. The maximum atomic E-state index is 8.87. The van der Waals surface area contributed by atoms with E-state index in [0.29, 0.717) is 12.5 Å². The van der Waals surface area contributed by atoms with Crippen molar-refractivity contribution in [3.63, 3.8) is 0 Å². The molecule has 1 saturated heterocycles. The Balaban J connectivity index is 1.84. The second-order valence-corrected chi connectivity index (χ2v) is 6.10. The lowest BCUT2D eigenvalue weighted by molar-refractivity contribution is 0.265. The molecule has 96 valence electrons. The molecule has 0 aromatic carbocycles. The lowest BCUT2D eigenvalue weighted by Crippen LogP contribution is -2.28. The van der Waals surface area contributed by atoms with Gasteiger partial charge in [0.1, 0.15) is 0 Å². The molecular weight excluding hydrogens is 232 g/mol. The van der Waals surface area contributed by atoms with Crippen LogP contribution in [0.1, 0.15) is 31.0 Å². The molecule has 1 unspecified atom stereocenters. The van der Waals surface area contributed by atoms with Crippen LogP contribution >= 0.6 is 11.3 Å². The van der Waals surface area contributed by atoms with Crippen molar-refractivity contribution in [2.75, 3.05) is 19.7 Å². The number of thiazole rings is 1. The van der Waals surface area contributed by atoms with E-state index in [1.54, 1.807) is 11.3 Å². The van der Waals surface area contributed by atoms with Gasteiger partial charge in [0.05, 0.1) is 10.7 Å². The summed E-state index contributed by atoms with van der Waals surface area (Å²) in [7, 11) is 0. The summed E-state index contributed by atoms with van der Waals surface area (Å²) in [4.78, 5) is 7.12. The number of aliphatic hydroxyl groups is 1. The molecule has 0 bridgehead atoms. The monoisotopic (exact) mass is 254 g/mol. The van der Waals surface area contributed by atoms with Gasteiger partial charge in [-0.15, -0.1) is 11.3 Å². The van der Waals surface area contributed by atoms with Gasteiger partial charge in [0, 0.05) is 37.4 Å². The minimum atomic E-state index is 0.202. The average molecular weight is 254 g/mol. The molecule has 1 aromatic heterocycles. The molecule has 2 rings (SSSR count). The highest BCUT2D eigenvalue weighted by Crippen LogP contribution is 2.24. The van der Waals surface area contributed by atoms with Gasteiger partial charge in [0.2, 0.25) is 0 Å². The van der Waals surface area contributed by atoms with E-state index in [2.05, 4.69) is 29.1 Å². The van der Waals surface area contributed by atoms with Crippen LogP contribution in [0.4, 0.5) is 0 Å². The van der Waals surface area contributed by atoms with E-state index in [1.165, 1.54) is 24.5 Å². The van der Waals surface area contributed by atoms with Crippen LogP contribution in [-0.2, 0) is 12.8 Å². The predicted octanol–water partition coefficient (Wildman–Crippen LogP) is 1.95. The third kappa shape index (κ3) is 3.50. The number of likely N-dealkylation sites (tertiary alicyclic amines) is 1. The van der Waals surface area contributed by atoms with Crippen molar-refractivity contribution in [2.24, 2.45) is 5.92 Å². The Hall–Kier alpha value is -0.450. The van der Waals surface area contributed by atoms with Crippen LogP contribution in [0.15, 0.2) is 5.38 Å². The van der Waals surface area contributed by atoms with Gasteiger partial charge in [-0.3, -0.25) is 0 Å². The van der Waals surface area contributed by atoms with Crippen LogP contribution in [-0.4, -0.2) is 40.7 Å². The third-order valence-electron chi connectivity index (χ3n) is 3.48. The lowest BCUT2D eigenvalue weighted by Gasteiger charge is -2.19. The molecule has 3 nitrogen and oxygen atoms in total. The van der Waals surface area contributed by atoms with E-state index in [4.69, 9.17) is 5.11 Å². The van der Waals surface area contributed by atoms with Crippen molar-refractivity contribution >= 4 is 11.3 Å². The van der Waals surface area contributed by atoms with Crippen LogP contribution in [0, 0.1) is 5.92 Å². The number of rotatable bonds is 5. The van der Waals surface area contributed by atoms with E-state index in [0.717, 1.165) is 18.0 Å². The summed E-state index contributed by atoms with van der Waals surface area (Å²) in [5.41, 5.74) is 1.05. The van der Waals surface area contributed by atoms with E-state index in [-0.39, 0.29) is 6.61 Å². The normalized spacial score (nSPS) is 21.5. The highest BCUT2D eigenvalue weighted by Gasteiger charge is 2.24. The zero-order chi connectivity index (χ0) is 12.3. The molecular formula is C13H22N2OS. The summed E-state index contributed by atoms with van der Waals surface area (Å²) in [5.74, 6) is 0.769. The van der Waals surface area contributed by atoms with Crippen LogP contribution in [0.2, 0.25) is 0 Å². The number of hydrogen-bond donors (Lipinski definition) is 1. The third-order valence-corrected chi connectivity index (χ3v) is 4.40. The van der Waals surface area contributed by atoms with Crippen molar-refractivity contribution in [1.82, 2.24) is 9.88 Å². The Kier molecular flexibility index (Phi) is 4.54. The van der Waals surface area contributed by atoms with Crippen molar-refractivity contribution in [2.45, 2.75) is 39.2 Å². The molecule has 1 fully saturated rings. The summed E-state index contributed by atoms with van der Waals surface area (Å²) < 4.78 is 0. The number of aromatic nitrogens is 1. The largest absolute Gasteiger partial charge is 0.396 e. The standard InChI is InChI=1S/C13H22N2OS/c1-10(2)15-5-3-11(8-15)7-13-14-12(4-6-16)9-17-13/h9-11,16H,3-8H2,1-2H3. The molecule has 0 amide bonds. The van der Waals surface area contributed by atoms with Gasteiger partial charge in [-0.05, 0) is 32.7 Å². The molecule has 17 heavy (non-hydrogen) atoms. The Morgan fingerprint density at radius 2 is 2.41 bits per heavy atom. The van der Waals surface area contributed by atoms with Crippen LogP contribution in [0.5, 0.6) is 0 Å². The Labute approximate surface area is 107 Å². The first kappa shape index (κ1) is 13.0. The van der Waals surface area contributed by atoms with Gasteiger partial charge < -0.3 is 10.0 Å². The minimum Gasteiger partial charge on any atom is -0.396 e. The Morgan fingerprint density at radius 3 is 3.06 bits per heavy atom. The summed E-state index contributed by atoms with van der Waals surface area (Å²) in [6.07, 6.45) is 3.10. The number of hydrogen-bond acceptors (Lipinski definition) is 4. The molecule has 0 aliphatic carbocycles. The van der Waals surface area contributed by atoms with Crippen molar-refractivity contribution < 1.29 is 5.11 Å². The van der Waals surface area contributed by atoms with Gasteiger partial charge in [-0.2, -0.15) is 0 Å². The average Bonchev–Trinajstić information content (AvgIpc) is 2.89. The predicted molar refractivity (Wildman–Crippen MR) is 71.4 cm³/mol. The zero-order valence-corrected chi connectivity index (χ0v) is 11.5. The minimum absolute atomic E-state index is 0.202. The lowest BCUT2D eigenvalue weighted by atomic mass is 10.1. The first-order chi connectivity index (χ1) is 8.19. The van der Waals surface area contributed by atoms with Crippen LogP contribution in [0.3, 0.4) is 0 Å². The molecule has 0 spiro atoms. The van der Waals surface area contributed by atoms with E-state index < -0.39 is 0 Å². The maximum Gasteiger partial charge on any atom is 0.0931 e. The molecule has 1 aromatic rings. The van der Waals surface area contributed by atoms with Crippen molar-refractivity contribution in [3.8, 4) is 0 Å². The smallest absolute Gasteiger partial charge is 0.0931 e. The molecule has 1 atom stereocenters. The van der Waals surface area contributed by atoms with Crippen LogP contribution in [0.25, 0.3) is 0 Å². The molecule has 0 saturated carbocycles. The summed E-state index contributed by atoms with van der Waals surface area (Å²) in [6.45, 7) is 7.19. The van der Waals surface area contributed by atoms with Crippen molar-refractivity contribution in [3.05, 3.63) is 16.1 Å². The molecule has 1 aliphatic rings. The SMILES string of the molecule is CC(C)N1CCC(Cc2nc(CCO)cs2)C1. The molecule has 0 radical (unpaired) electrons. The highest BCUT2D eigenvalue weighted by molar-refractivity contribution is 7.09. The zero-order valence-electron chi connectivity index (χ0n) is 10.7. The van der Waals surface area contributed by atoms with Gasteiger partial charge >= 0.3 is 0 Å². The van der Waals surface area contributed by atoms with Gasteiger partial charge in [-0.1, -0.05) is 0 Å². The van der Waals surface area contributed by atoms with Crippen LogP contribution < -0.4 is 0 Å². The number of nitrogens with zero attached hydrogens (tertiary/aromatic N) is 2. The topological polar surface area (TPSA) is 36.4 Å². The van der Waals surface area contributed by atoms with E-state index in [1.807, 2.05) is 0 Å². The number of aliphatic hydroxyl groups excluding tert-OH is 1. The molecule has 4 heteroatoms. The fourth-order valence-corrected chi connectivity index (χ4v) is 3.36.